The first-order chi connectivity index (χ1) is 11.9. The second-order valence-electron chi connectivity index (χ2n) is 6.76. The molecule has 1 aromatic heterocycles. The van der Waals surface area contributed by atoms with Gasteiger partial charge in [0.15, 0.2) is 0 Å². The molecule has 1 amide bonds. The number of amides is 1. The zero-order valence-electron chi connectivity index (χ0n) is 14.8. The largest absolute Gasteiger partial charge is 0.496 e. The van der Waals surface area contributed by atoms with E-state index >= 15 is 0 Å². The smallest absolute Gasteiger partial charge is 0.227 e. The summed E-state index contributed by atoms with van der Waals surface area (Å²) in [7, 11) is 1.59. The summed E-state index contributed by atoms with van der Waals surface area (Å²) in [6, 6.07) is 7.66. The number of hydrogen-bond acceptors (Lipinski definition) is 5. The van der Waals surface area contributed by atoms with E-state index in [1.807, 2.05) is 38.1 Å². The van der Waals surface area contributed by atoms with Crippen LogP contribution in [0.3, 0.4) is 0 Å². The Morgan fingerprint density at radius 2 is 2.16 bits per heavy atom. The topological polar surface area (TPSA) is 80.5 Å². The first kappa shape index (κ1) is 17.4. The number of ether oxygens (including phenoxy) is 1. The second kappa shape index (κ2) is 6.84. The average Bonchev–Trinajstić information content (AvgIpc) is 3.23. The monoisotopic (exact) mass is 344 g/mol. The van der Waals surface area contributed by atoms with Crippen molar-refractivity contribution in [2.45, 2.75) is 38.3 Å². The van der Waals surface area contributed by atoms with Gasteiger partial charge in [0.05, 0.1) is 26.3 Å². The molecule has 3 rings (SSSR count). The van der Waals surface area contributed by atoms with Crippen LogP contribution < -0.4 is 4.74 Å². The van der Waals surface area contributed by atoms with Crippen LogP contribution >= 0.6 is 0 Å². The van der Waals surface area contributed by atoms with E-state index in [1.54, 1.807) is 22.9 Å². The number of para-hydroxylation sites is 1. The maximum absolute atomic E-state index is 12.6. The van der Waals surface area contributed by atoms with Crippen LogP contribution in [0.2, 0.25) is 0 Å². The minimum absolute atomic E-state index is 0.0309. The molecule has 1 fully saturated rings. The maximum atomic E-state index is 12.6. The predicted molar refractivity (Wildman–Crippen MR) is 92.2 cm³/mol. The minimum Gasteiger partial charge on any atom is -0.496 e. The number of likely N-dealkylation sites (tertiary alicyclic amines) is 1. The zero-order valence-corrected chi connectivity index (χ0v) is 14.8. The van der Waals surface area contributed by atoms with Gasteiger partial charge in [-0.25, -0.2) is 4.68 Å². The van der Waals surface area contributed by atoms with Gasteiger partial charge in [-0.1, -0.05) is 23.4 Å². The molecular weight excluding hydrogens is 320 g/mol. The number of aromatic nitrogens is 3. The number of carbonyl (C=O) groups excluding carboxylic acids is 1. The fraction of sp³-hybridized carbons (Fsp3) is 0.500. The molecule has 7 nitrogen and oxygen atoms in total. The van der Waals surface area contributed by atoms with Gasteiger partial charge in [-0.2, -0.15) is 0 Å². The summed E-state index contributed by atoms with van der Waals surface area (Å²) in [5.41, 5.74) is 0.230. The quantitative estimate of drug-likeness (QED) is 0.890. The van der Waals surface area contributed by atoms with Crippen LogP contribution in [0, 0.1) is 0 Å². The molecule has 1 atom stereocenters. The molecule has 2 heterocycles. The Balaban J connectivity index is 1.70. The van der Waals surface area contributed by atoms with Crippen LogP contribution in [-0.4, -0.2) is 51.1 Å². The highest BCUT2D eigenvalue weighted by Crippen LogP contribution is 2.31. The fourth-order valence-corrected chi connectivity index (χ4v) is 3.08. The summed E-state index contributed by atoms with van der Waals surface area (Å²) in [5.74, 6) is 0.668. The summed E-state index contributed by atoms with van der Waals surface area (Å²) in [4.78, 5) is 14.3. The maximum Gasteiger partial charge on any atom is 0.227 e. The molecule has 1 N–H and O–H groups in total. The number of aliphatic hydroxyl groups is 1. The van der Waals surface area contributed by atoms with Crippen molar-refractivity contribution in [3.8, 4) is 5.75 Å². The van der Waals surface area contributed by atoms with Crippen LogP contribution in [0.1, 0.15) is 37.6 Å². The van der Waals surface area contributed by atoms with Gasteiger partial charge in [-0.15, -0.1) is 5.10 Å². The minimum atomic E-state index is -1.14. The SMILES string of the molecule is COc1ccccc1CC(=O)N1CCC(O)(c2cn(C(C)C)nn2)C1. The van der Waals surface area contributed by atoms with Crippen molar-refractivity contribution in [3.05, 3.63) is 41.7 Å². The molecule has 1 aliphatic rings. The van der Waals surface area contributed by atoms with E-state index in [0.717, 1.165) is 5.56 Å². The highest BCUT2D eigenvalue weighted by Gasteiger charge is 2.41. The van der Waals surface area contributed by atoms with Crippen LogP contribution in [0.25, 0.3) is 0 Å². The molecule has 25 heavy (non-hydrogen) atoms. The van der Waals surface area contributed by atoms with Crippen molar-refractivity contribution < 1.29 is 14.6 Å². The van der Waals surface area contributed by atoms with Gasteiger partial charge in [0.25, 0.3) is 0 Å². The number of rotatable bonds is 5. The van der Waals surface area contributed by atoms with E-state index in [1.165, 1.54) is 0 Å². The average molecular weight is 344 g/mol. The lowest BCUT2D eigenvalue weighted by molar-refractivity contribution is -0.130. The molecule has 7 heteroatoms. The predicted octanol–water partition coefficient (Wildman–Crippen LogP) is 1.53. The Kier molecular flexibility index (Phi) is 4.76. The Labute approximate surface area is 147 Å². The van der Waals surface area contributed by atoms with Crippen LogP contribution in [0.15, 0.2) is 30.5 Å². The van der Waals surface area contributed by atoms with Gasteiger partial charge in [0.1, 0.15) is 17.0 Å². The number of β-amino-alcohol motifs (C(OH)–C–C–N with tert-alkyl or cyclic N) is 1. The van der Waals surface area contributed by atoms with E-state index in [9.17, 15) is 9.90 Å². The summed E-state index contributed by atoms with van der Waals surface area (Å²) < 4.78 is 7.02. The lowest BCUT2D eigenvalue weighted by Crippen LogP contribution is -2.35. The molecule has 1 saturated heterocycles. The molecule has 0 aliphatic carbocycles. The first-order valence-corrected chi connectivity index (χ1v) is 8.47. The number of hydrogen-bond donors (Lipinski definition) is 1. The van der Waals surface area contributed by atoms with Crippen molar-refractivity contribution >= 4 is 5.91 Å². The van der Waals surface area contributed by atoms with Gasteiger partial charge in [0.2, 0.25) is 5.91 Å². The molecule has 0 bridgehead atoms. The van der Waals surface area contributed by atoms with E-state index in [2.05, 4.69) is 10.3 Å². The molecule has 2 aromatic rings. The Hall–Kier alpha value is -2.41. The standard InChI is InChI=1S/C18H24N4O3/c1-13(2)22-11-16(19-20-22)18(24)8-9-21(12-18)17(23)10-14-6-4-5-7-15(14)25-3/h4-7,11,13,24H,8-10,12H2,1-3H3. The van der Waals surface area contributed by atoms with Crippen molar-refractivity contribution in [1.29, 1.82) is 0 Å². The van der Waals surface area contributed by atoms with Gasteiger partial charge in [0, 0.05) is 24.6 Å². The lowest BCUT2D eigenvalue weighted by Gasteiger charge is -2.21. The second-order valence-corrected chi connectivity index (χ2v) is 6.76. The number of carbonyl (C=O) groups is 1. The van der Waals surface area contributed by atoms with Gasteiger partial charge in [-0.05, 0) is 19.9 Å². The van der Waals surface area contributed by atoms with E-state index in [0.29, 0.717) is 24.4 Å². The van der Waals surface area contributed by atoms with Crippen LogP contribution in [0.5, 0.6) is 5.75 Å². The molecule has 1 aliphatic heterocycles. The summed E-state index contributed by atoms with van der Waals surface area (Å²) in [6.07, 6.45) is 2.47. The van der Waals surface area contributed by atoms with Crippen LogP contribution in [0.4, 0.5) is 0 Å². The van der Waals surface area contributed by atoms with E-state index < -0.39 is 5.60 Å². The highest BCUT2D eigenvalue weighted by atomic mass is 16.5. The molecule has 1 unspecified atom stereocenters. The molecule has 0 radical (unpaired) electrons. The molecule has 0 saturated carbocycles. The summed E-state index contributed by atoms with van der Waals surface area (Å²) in [6.45, 7) is 4.73. The molecular formula is C18H24N4O3. The van der Waals surface area contributed by atoms with Crippen molar-refractivity contribution in [3.63, 3.8) is 0 Å². The fourth-order valence-electron chi connectivity index (χ4n) is 3.08. The number of nitrogens with zero attached hydrogens (tertiary/aromatic N) is 4. The highest BCUT2D eigenvalue weighted by molar-refractivity contribution is 5.80. The van der Waals surface area contributed by atoms with Gasteiger partial charge in [-0.3, -0.25) is 4.79 Å². The Bertz CT molecular complexity index is 758. The van der Waals surface area contributed by atoms with Crippen molar-refractivity contribution in [2.75, 3.05) is 20.2 Å². The summed E-state index contributed by atoms with van der Waals surface area (Å²) in [5, 5.41) is 19.1. The number of methoxy groups -OCH3 is 1. The van der Waals surface area contributed by atoms with Crippen molar-refractivity contribution in [2.24, 2.45) is 0 Å². The van der Waals surface area contributed by atoms with E-state index in [-0.39, 0.29) is 24.9 Å². The Morgan fingerprint density at radius 3 is 2.84 bits per heavy atom. The summed E-state index contributed by atoms with van der Waals surface area (Å²) >= 11 is 0. The third kappa shape index (κ3) is 3.51. The Morgan fingerprint density at radius 1 is 1.40 bits per heavy atom. The van der Waals surface area contributed by atoms with Crippen LogP contribution in [-0.2, 0) is 16.8 Å². The van der Waals surface area contributed by atoms with E-state index in [4.69, 9.17) is 4.74 Å². The van der Waals surface area contributed by atoms with Crippen molar-refractivity contribution in [1.82, 2.24) is 19.9 Å². The first-order valence-electron chi connectivity index (χ1n) is 8.47. The molecule has 1 aromatic carbocycles. The van der Waals surface area contributed by atoms with Gasteiger partial charge < -0.3 is 14.7 Å². The zero-order chi connectivity index (χ0) is 18.0. The van der Waals surface area contributed by atoms with Gasteiger partial charge >= 0.3 is 0 Å². The molecule has 134 valence electrons. The number of benzene rings is 1. The third-order valence-electron chi connectivity index (χ3n) is 4.65. The molecule has 0 spiro atoms. The lowest BCUT2D eigenvalue weighted by atomic mass is 10.00. The third-order valence-corrected chi connectivity index (χ3v) is 4.65. The normalized spacial score (nSPS) is 20.3.